The standard InChI is InChI=1S/C22H26N4O3/c1-14-12-24-20(13-23-14)22(28)25-16-10-17-6-7-18(11-16)26(17)21(27)9-15-4-3-5-19(8-15)29-2/h3-5,8,12-13,16-18H,6-7,9-11H2,1-2H3,(H,25,28). The molecule has 2 unspecified atom stereocenters. The van der Waals surface area contributed by atoms with Crippen LogP contribution in [0.25, 0.3) is 0 Å². The fourth-order valence-corrected chi connectivity index (χ4v) is 4.52. The van der Waals surface area contributed by atoms with Crippen LogP contribution in [-0.4, -0.2) is 51.9 Å². The Labute approximate surface area is 170 Å². The molecule has 2 atom stereocenters. The van der Waals surface area contributed by atoms with Crippen LogP contribution in [0, 0.1) is 6.92 Å². The zero-order chi connectivity index (χ0) is 20.4. The van der Waals surface area contributed by atoms with Crippen LogP contribution in [0.2, 0.25) is 0 Å². The number of benzene rings is 1. The minimum atomic E-state index is -0.196. The van der Waals surface area contributed by atoms with Gasteiger partial charge in [0, 0.05) is 24.3 Å². The van der Waals surface area contributed by atoms with Gasteiger partial charge in [-0.1, -0.05) is 12.1 Å². The molecule has 3 heterocycles. The summed E-state index contributed by atoms with van der Waals surface area (Å²) in [5.74, 6) is 0.719. The van der Waals surface area contributed by atoms with Gasteiger partial charge in [0.2, 0.25) is 5.91 Å². The number of aromatic nitrogens is 2. The lowest BCUT2D eigenvalue weighted by Crippen LogP contribution is -2.52. The first-order chi connectivity index (χ1) is 14.0. The van der Waals surface area contributed by atoms with Gasteiger partial charge in [-0.3, -0.25) is 14.6 Å². The van der Waals surface area contributed by atoms with Gasteiger partial charge in [0.15, 0.2) is 0 Å². The van der Waals surface area contributed by atoms with Gasteiger partial charge < -0.3 is 15.0 Å². The quantitative estimate of drug-likeness (QED) is 0.841. The molecule has 2 saturated heterocycles. The number of nitrogens with zero attached hydrogens (tertiary/aromatic N) is 3. The molecule has 0 radical (unpaired) electrons. The second kappa shape index (κ2) is 8.19. The number of piperidine rings is 1. The molecular weight excluding hydrogens is 368 g/mol. The number of aryl methyl sites for hydroxylation is 1. The van der Waals surface area contributed by atoms with Crippen LogP contribution < -0.4 is 10.1 Å². The summed E-state index contributed by atoms with van der Waals surface area (Å²) < 4.78 is 5.26. The fraction of sp³-hybridized carbons (Fsp3) is 0.455. The SMILES string of the molecule is COc1cccc(CC(=O)N2C3CCC2CC(NC(=O)c2cnc(C)cn2)C3)c1. The number of amides is 2. The highest BCUT2D eigenvalue weighted by atomic mass is 16.5. The summed E-state index contributed by atoms with van der Waals surface area (Å²) in [6.45, 7) is 1.84. The molecule has 1 aromatic carbocycles. The van der Waals surface area contributed by atoms with Gasteiger partial charge in [-0.05, 0) is 50.3 Å². The minimum Gasteiger partial charge on any atom is -0.497 e. The zero-order valence-electron chi connectivity index (χ0n) is 16.8. The number of ether oxygens (including phenoxy) is 1. The van der Waals surface area contributed by atoms with E-state index in [9.17, 15) is 9.59 Å². The molecule has 2 amide bonds. The van der Waals surface area contributed by atoms with Crippen molar-refractivity contribution in [1.82, 2.24) is 20.2 Å². The van der Waals surface area contributed by atoms with E-state index in [4.69, 9.17) is 4.74 Å². The summed E-state index contributed by atoms with van der Waals surface area (Å²) in [7, 11) is 1.63. The third-order valence-corrected chi connectivity index (χ3v) is 5.86. The average molecular weight is 394 g/mol. The van der Waals surface area contributed by atoms with Crippen molar-refractivity contribution < 1.29 is 14.3 Å². The van der Waals surface area contributed by atoms with E-state index in [1.54, 1.807) is 13.3 Å². The molecule has 0 saturated carbocycles. The summed E-state index contributed by atoms with van der Waals surface area (Å²) in [5, 5.41) is 3.08. The Hall–Kier alpha value is -2.96. The Morgan fingerprint density at radius 1 is 1.17 bits per heavy atom. The largest absolute Gasteiger partial charge is 0.497 e. The molecule has 2 aliphatic heterocycles. The van der Waals surface area contributed by atoms with Crippen LogP contribution in [0.5, 0.6) is 5.75 Å². The van der Waals surface area contributed by atoms with Crippen molar-refractivity contribution in [3.8, 4) is 5.75 Å². The summed E-state index contributed by atoms with van der Waals surface area (Å²) in [6.07, 6.45) is 7.03. The Bertz CT molecular complexity index is 885. The Morgan fingerprint density at radius 3 is 2.59 bits per heavy atom. The van der Waals surface area contributed by atoms with Gasteiger partial charge in [0.25, 0.3) is 5.91 Å². The smallest absolute Gasteiger partial charge is 0.271 e. The van der Waals surface area contributed by atoms with E-state index < -0.39 is 0 Å². The average Bonchev–Trinajstić information content (AvgIpc) is 2.99. The summed E-state index contributed by atoms with van der Waals surface area (Å²) in [5.41, 5.74) is 2.07. The molecule has 2 aromatic rings. The number of nitrogens with one attached hydrogen (secondary N) is 1. The van der Waals surface area contributed by atoms with E-state index >= 15 is 0 Å². The molecule has 4 rings (SSSR count). The highest BCUT2D eigenvalue weighted by Gasteiger charge is 2.43. The van der Waals surface area contributed by atoms with E-state index in [-0.39, 0.29) is 29.9 Å². The summed E-state index contributed by atoms with van der Waals surface area (Å²) >= 11 is 0. The Morgan fingerprint density at radius 2 is 1.93 bits per heavy atom. The number of methoxy groups -OCH3 is 1. The fourth-order valence-electron chi connectivity index (χ4n) is 4.52. The first-order valence-corrected chi connectivity index (χ1v) is 10.1. The monoisotopic (exact) mass is 394 g/mol. The first-order valence-electron chi connectivity index (χ1n) is 10.1. The van der Waals surface area contributed by atoms with Crippen LogP contribution in [0.4, 0.5) is 0 Å². The van der Waals surface area contributed by atoms with E-state index in [1.165, 1.54) is 6.20 Å². The summed E-state index contributed by atoms with van der Waals surface area (Å²) in [4.78, 5) is 35.8. The van der Waals surface area contributed by atoms with Gasteiger partial charge in [-0.25, -0.2) is 4.98 Å². The van der Waals surface area contributed by atoms with E-state index in [0.29, 0.717) is 12.1 Å². The molecule has 1 N–H and O–H groups in total. The van der Waals surface area contributed by atoms with Crippen molar-refractivity contribution in [3.05, 3.63) is 53.6 Å². The van der Waals surface area contributed by atoms with Crippen LogP contribution in [0.3, 0.4) is 0 Å². The van der Waals surface area contributed by atoms with E-state index in [2.05, 4.69) is 15.3 Å². The number of hydrogen-bond acceptors (Lipinski definition) is 5. The van der Waals surface area contributed by atoms with Gasteiger partial charge in [-0.15, -0.1) is 0 Å². The topological polar surface area (TPSA) is 84.4 Å². The van der Waals surface area contributed by atoms with Crippen LogP contribution >= 0.6 is 0 Å². The van der Waals surface area contributed by atoms with Crippen LogP contribution in [0.15, 0.2) is 36.7 Å². The second-order valence-corrected chi connectivity index (χ2v) is 7.90. The van der Waals surface area contributed by atoms with Crippen LogP contribution in [-0.2, 0) is 11.2 Å². The maximum atomic E-state index is 13.0. The number of carbonyl (C=O) groups excluding carboxylic acids is 2. The molecule has 29 heavy (non-hydrogen) atoms. The summed E-state index contributed by atoms with van der Waals surface area (Å²) in [6, 6.07) is 8.08. The normalized spacial score (nSPS) is 23.0. The number of hydrogen-bond donors (Lipinski definition) is 1. The Balaban J connectivity index is 1.37. The molecule has 2 fully saturated rings. The predicted molar refractivity (Wildman–Crippen MR) is 108 cm³/mol. The molecule has 0 aliphatic carbocycles. The molecule has 0 spiro atoms. The van der Waals surface area contributed by atoms with Crippen molar-refractivity contribution in [3.63, 3.8) is 0 Å². The molecule has 2 bridgehead atoms. The van der Waals surface area contributed by atoms with Gasteiger partial charge >= 0.3 is 0 Å². The number of carbonyl (C=O) groups is 2. The van der Waals surface area contributed by atoms with E-state index in [1.807, 2.05) is 36.1 Å². The van der Waals surface area contributed by atoms with Gasteiger partial charge in [-0.2, -0.15) is 0 Å². The lowest BCUT2D eigenvalue weighted by atomic mass is 9.96. The van der Waals surface area contributed by atoms with Crippen molar-refractivity contribution in [1.29, 1.82) is 0 Å². The second-order valence-electron chi connectivity index (χ2n) is 7.90. The number of rotatable bonds is 5. The first kappa shape index (κ1) is 19.4. The van der Waals surface area contributed by atoms with Crippen LogP contribution in [0.1, 0.15) is 47.4 Å². The van der Waals surface area contributed by atoms with Crippen molar-refractivity contribution in [2.75, 3.05) is 7.11 Å². The maximum Gasteiger partial charge on any atom is 0.271 e. The molecule has 7 nitrogen and oxygen atoms in total. The van der Waals surface area contributed by atoms with E-state index in [0.717, 1.165) is 42.7 Å². The molecule has 2 aliphatic rings. The molecule has 7 heteroatoms. The maximum absolute atomic E-state index is 13.0. The highest BCUT2D eigenvalue weighted by molar-refractivity contribution is 5.92. The highest BCUT2D eigenvalue weighted by Crippen LogP contribution is 2.36. The third kappa shape index (κ3) is 4.23. The van der Waals surface area contributed by atoms with Crippen molar-refractivity contribution >= 4 is 11.8 Å². The van der Waals surface area contributed by atoms with Gasteiger partial charge in [0.1, 0.15) is 11.4 Å². The Kier molecular flexibility index (Phi) is 5.47. The lowest BCUT2D eigenvalue weighted by molar-refractivity contribution is -0.135. The van der Waals surface area contributed by atoms with Crippen molar-refractivity contribution in [2.24, 2.45) is 0 Å². The third-order valence-electron chi connectivity index (χ3n) is 5.86. The molecule has 152 valence electrons. The lowest BCUT2D eigenvalue weighted by Gasteiger charge is -2.39. The van der Waals surface area contributed by atoms with Gasteiger partial charge in [0.05, 0.1) is 25.4 Å². The minimum absolute atomic E-state index is 0.0592. The molecule has 1 aromatic heterocycles. The van der Waals surface area contributed by atoms with Crippen molar-refractivity contribution in [2.45, 2.75) is 57.2 Å². The zero-order valence-corrected chi connectivity index (χ0v) is 16.8. The number of fused-ring (bicyclic) bond motifs is 2. The molecular formula is C22H26N4O3. The predicted octanol–water partition coefficient (Wildman–Crippen LogP) is 2.29.